The Morgan fingerprint density at radius 2 is 1.82 bits per heavy atom. The van der Waals surface area contributed by atoms with Crippen LogP contribution in [0.2, 0.25) is 0 Å². The number of hydrogen-bond donors (Lipinski definition) is 1. The Balaban J connectivity index is 2.40. The third-order valence-electron chi connectivity index (χ3n) is 2.43. The summed E-state index contributed by atoms with van der Waals surface area (Å²) in [4.78, 5) is 0. The van der Waals surface area contributed by atoms with E-state index in [2.05, 4.69) is 33.0 Å². The van der Waals surface area contributed by atoms with Gasteiger partial charge in [0.15, 0.2) is 0 Å². The molecule has 96 valence electrons. The van der Waals surface area contributed by atoms with Crippen molar-refractivity contribution in [1.82, 2.24) is 5.32 Å². The maximum atomic E-state index is 12.7. The highest BCUT2D eigenvalue weighted by molar-refractivity contribution is 5.22. The molecule has 1 aromatic carbocycles. The van der Waals surface area contributed by atoms with Crippen LogP contribution in [0.4, 0.5) is 4.39 Å². The van der Waals surface area contributed by atoms with Gasteiger partial charge in [-0.25, -0.2) is 4.39 Å². The summed E-state index contributed by atoms with van der Waals surface area (Å²) in [7, 11) is 0. The lowest BCUT2D eigenvalue weighted by atomic mass is 9.94. The Bertz CT molecular complexity index is 333. The van der Waals surface area contributed by atoms with E-state index < -0.39 is 0 Å². The lowest BCUT2D eigenvalue weighted by Crippen LogP contribution is -2.37. The largest absolute Gasteiger partial charge is 0.493 e. The van der Waals surface area contributed by atoms with Crippen LogP contribution in [0.3, 0.4) is 0 Å². The van der Waals surface area contributed by atoms with Crippen LogP contribution in [-0.2, 0) is 0 Å². The Morgan fingerprint density at radius 1 is 1.24 bits per heavy atom. The van der Waals surface area contributed by atoms with Gasteiger partial charge in [-0.1, -0.05) is 27.7 Å². The molecule has 0 aliphatic carbocycles. The molecule has 0 amide bonds. The van der Waals surface area contributed by atoms with E-state index in [1.54, 1.807) is 12.1 Å². The number of ether oxygens (including phenoxy) is 1. The van der Waals surface area contributed by atoms with E-state index in [-0.39, 0.29) is 11.2 Å². The van der Waals surface area contributed by atoms with Gasteiger partial charge >= 0.3 is 0 Å². The van der Waals surface area contributed by atoms with Crippen molar-refractivity contribution in [3.8, 4) is 5.75 Å². The molecule has 0 aliphatic heterocycles. The van der Waals surface area contributed by atoms with Crippen LogP contribution in [0.1, 0.15) is 27.7 Å². The second-order valence-electron chi connectivity index (χ2n) is 5.44. The number of rotatable bonds is 6. The molecule has 0 aromatic heterocycles. The SMILES string of the molecule is CC(C)NCC(C)(C)COc1ccc(F)cc1. The van der Waals surface area contributed by atoms with E-state index in [1.165, 1.54) is 12.1 Å². The van der Waals surface area contributed by atoms with E-state index in [4.69, 9.17) is 4.74 Å². The molecule has 0 saturated carbocycles. The Kier molecular flexibility index (Phi) is 4.94. The zero-order chi connectivity index (χ0) is 12.9. The summed E-state index contributed by atoms with van der Waals surface area (Å²) in [5.41, 5.74) is 0.0542. The molecular formula is C14H22FNO. The maximum absolute atomic E-state index is 12.7. The standard InChI is InChI=1S/C14H22FNO/c1-11(2)16-9-14(3,4)10-17-13-7-5-12(15)6-8-13/h5-8,11,16H,9-10H2,1-4H3. The molecule has 0 aliphatic rings. The van der Waals surface area contributed by atoms with Crippen molar-refractivity contribution in [3.05, 3.63) is 30.1 Å². The topological polar surface area (TPSA) is 21.3 Å². The highest BCUT2D eigenvalue weighted by atomic mass is 19.1. The first kappa shape index (κ1) is 14.0. The highest BCUT2D eigenvalue weighted by Crippen LogP contribution is 2.18. The van der Waals surface area contributed by atoms with Gasteiger partial charge in [-0.3, -0.25) is 0 Å². The fourth-order valence-electron chi connectivity index (χ4n) is 1.34. The number of benzene rings is 1. The zero-order valence-corrected chi connectivity index (χ0v) is 11.1. The summed E-state index contributed by atoms with van der Waals surface area (Å²) in [5, 5.41) is 3.39. The van der Waals surface area contributed by atoms with Crippen LogP contribution in [0.15, 0.2) is 24.3 Å². The first-order valence-electron chi connectivity index (χ1n) is 6.01. The van der Waals surface area contributed by atoms with Crippen LogP contribution >= 0.6 is 0 Å². The first-order valence-corrected chi connectivity index (χ1v) is 6.01. The van der Waals surface area contributed by atoms with Crippen molar-refractivity contribution in [1.29, 1.82) is 0 Å². The smallest absolute Gasteiger partial charge is 0.123 e. The van der Waals surface area contributed by atoms with Crippen LogP contribution in [0.25, 0.3) is 0 Å². The van der Waals surface area contributed by atoms with Gasteiger partial charge < -0.3 is 10.1 Å². The maximum Gasteiger partial charge on any atom is 0.123 e. The average Bonchev–Trinajstić information content (AvgIpc) is 2.26. The molecule has 3 heteroatoms. The van der Waals surface area contributed by atoms with Crippen LogP contribution in [0.5, 0.6) is 5.75 Å². The van der Waals surface area contributed by atoms with Crippen molar-refractivity contribution < 1.29 is 9.13 Å². The minimum absolute atomic E-state index is 0.0542. The predicted molar refractivity (Wildman–Crippen MR) is 68.8 cm³/mol. The summed E-state index contributed by atoms with van der Waals surface area (Å²) >= 11 is 0. The van der Waals surface area contributed by atoms with E-state index in [1.807, 2.05) is 0 Å². The summed E-state index contributed by atoms with van der Waals surface area (Å²) in [6, 6.07) is 6.60. The minimum atomic E-state index is -0.238. The molecule has 0 radical (unpaired) electrons. The van der Waals surface area contributed by atoms with Crippen LogP contribution in [0, 0.1) is 11.2 Å². The quantitative estimate of drug-likeness (QED) is 0.823. The van der Waals surface area contributed by atoms with Crippen molar-refractivity contribution in [2.24, 2.45) is 5.41 Å². The minimum Gasteiger partial charge on any atom is -0.493 e. The third-order valence-corrected chi connectivity index (χ3v) is 2.43. The zero-order valence-electron chi connectivity index (χ0n) is 11.1. The summed E-state index contributed by atoms with van der Waals surface area (Å²) in [5.74, 6) is 0.474. The van der Waals surface area contributed by atoms with Gasteiger partial charge in [0.2, 0.25) is 0 Å². The fourth-order valence-corrected chi connectivity index (χ4v) is 1.34. The number of halogens is 1. The van der Waals surface area contributed by atoms with Gasteiger partial charge in [0, 0.05) is 18.0 Å². The van der Waals surface area contributed by atoms with Crippen LogP contribution in [-0.4, -0.2) is 19.2 Å². The molecule has 1 N–H and O–H groups in total. The third kappa shape index (κ3) is 5.68. The van der Waals surface area contributed by atoms with Crippen molar-refractivity contribution in [2.75, 3.05) is 13.2 Å². The molecule has 0 saturated heterocycles. The first-order chi connectivity index (χ1) is 7.89. The van der Waals surface area contributed by atoms with Crippen molar-refractivity contribution >= 4 is 0 Å². The van der Waals surface area contributed by atoms with Crippen LogP contribution < -0.4 is 10.1 Å². The lowest BCUT2D eigenvalue weighted by molar-refractivity contribution is 0.173. The molecule has 0 bridgehead atoms. The average molecular weight is 239 g/mol. The molecule has 2 nitrogen and oxygen atoms in total. The van der Waals surface area contributed by atoms with Gasteiger partial charge in [0.05, 0.1) is 6.61 Å². The van der Waals surface area contributed by atoms with E-state index in [0.717, 1.165) is 6.54 Å². The summed E-state index contributed by atoms with van der Waals surface area (Å²) < 4.78 is 18.4. The molecule has 0 unspecified atom stereocenters. The van der Waals surface area contributed by atoms with E-state index in [9.17, 15) is 4.39 Å². The van der Waals surface area contributed by atoms with E-state index >= 15 is 0 Å². The number of nitrogens with one attached hydrogen (secondary N) is 1. The summed E-state index contributed by atoms with van der Waals surface area (Å²) in [6.45, 7) is 10.0. The Morgan fingerprint density at radius 3 is 2.35 bits per heavy atom. The molecule has 0 fully saturated rings. The van der Waals surface area contributed by atoms with E-state index in [0.29, 0.717) is 18.4 Å². The molecule has 1 rings (SSSR count). The lowest BCUT2D eigenvalue weighted by Gasteiger charge is -2.26. The molecule has 1 aromatic rings. The molecule has 17 heavy (non-hydrogen) atoms. The monoisotopic (exact) mass is 239 g/mol. The van der Waals surface area contributed by atoms with Gasteiger partial charge in [-0.15, -0.1) is 0 Å². The van der Waals surface area contributed by atoms with Crippen molar-refractivity contribution in [3.63, 3.8) is 0 Å². The normalized spacial score (nSPS) is 11.9. The van der Waals surface area contributed by atoms with Gasteiger partial charge in [0.1, 0.15) is 11.6 Å². The molecule has 0 spiro atoms. The molecular weight excluding hydrogens is 217 g/mol. The fraction of sp³-hybridized carbons (Fsp3) is 0.571. The molecule has 0 atom stereocenters. The van der Waals surface area contributed by atoms with Gasteiger partial charge in [-0.05, 0) is 24.3 Å². The second-order valence-corrected chi connectivity index (χ2v) is 5.44. The Labute approximate surface area is 103 Å². The number of hydrogen-bond acceptors (Lipinski definition) is 2. The predicted octanol–water partition coefficient (Wildman–Crippen LogP) is 3.23. The Hall–Kier alpha value is -1.09. The molecule has 0 heterocycles. The second kappa shape index (κ2) is 6.01. The van der Waals surface area contributed by atoms with Crippen molar-refractivity contribution in [2.45, 2.75) is 33.7 Å². The summed E-state index contributed by atoms with van der Waals surface area (Å²) in [6.07, 6.45) is 0. The highest BCUT2D eigenvalue weighted by Gasteiger charge is 2.19. The van der Waals surface area contributed by atoms with Gasteiger partial charge in [0.25, 0.3) is 0 Å². The van der Waals surface area contributed by atoms with Gasteiger partial charge in [-0.2, -0.15) is 0 Å².